The summed E-state index contributed by atoms with van der Waals surface area (Å²) in [7, 11) is 0. The molecule has 0 fully saturated rings. The average Bonchev–Trinajstić information content (AvgIpc) is 1.55. The third-order valence-electron chi connectivity index (χ3n) is 23.1. The largest absolute Gasteiger partial charge is 0.456 e. The molecule has 0 spiro atoms. The smallest absolute Gasteiger partial charge is 0.160 e. The van der Waals surface area contributed by atoms with Crippen molar-refractivity contribution in [3.8, 4) is 84.2 Å². The Morgan fingerprint density at radius 3 is 0.964 bits per heavy atom. The molecule has 8 nitrogen and oxygen atoms in total. The fraction of sp³-hybridized carbons (Fsp3) is 0. The van der Waals surface area contributed by atoms with Crippen LogP contribution in [-0.2, 0) is 0 Å². The second kappa shape index (κ2) is 23.3. The van der Waals surface area contributed by atoms with Crippen LogP contribution in [0.3, 0.4) is 0 Å². The first-order valence-electron chi connectivity index (χ1n) is 37.4. The molecule has 17 aromatic carbocycles. The van der Waals surface area contributed by atoms with E-state index in [0.29, 0.717) is 5.82 Å². The van der Waals surface area contributed by atoms with Crippen LogP contribution in [0.25, 0.3) is 237 Å². The molecule has 0 radical (unpaired) electrons. The monoisotopic (exact) mass is 1400 g/mol. The van der Waals surface area contributed by atoms with Gasteiger partial charge in [0.1, 0.15) is 33.5 Å². The van der Waals surface area contributed by atoms with E-state index >= 15 is 0 Å². The molecule has 0 aliphatic rings. The summed E-state index contributed by atoms with van der Waals surface area (Å²) in [5, 5.41) is 17.1. The van der Waals surface area contributed by atoms with E-state index in [0.717, 1.165) is 199 Å². The molecule has 7 heterocycles. The maximum atomic E-state index is 6.41. The fourth-order valence-electron chi connectivity index (χ4n) is 17.7. The number of para-hydroxylation sites is 6. The Labute approximate surface area is 628 Å². The zero-order valence-electron chi connectivity index (χ0n) is 59.0. The Morgan fingerprint density at radius 2 is 0.500 bits per heavy atom. The molecule has 0 N–H and O–H groups in total. The van der Waals surface area contributed by atoms with Crippen molar-refractivity contribution in [1.29, 1.82) is 0 Å². The van der Waals surface area contributed by atoms with Crippen LogP contribution in [0.4, 0.5) is 0 Å². The standard InChI is InChI=1S/C102H59N5O3/c1-7-19-89-75(13-1)78-44-32-65(68-35-47-84-81-16-4-10-22-95(81)108-98(84)57-68)54-92(78)105(89)72-39-27-60(28-40-72)64-38-50-88-87(53-64)101(61-29-41-73(42-30-61)106-90-20-8-2-14-76(90)79-45-33-66(55-93(79)106)69-36-48-85-82-17-5-11-23-96(82)109-99(85)58-69)104-102(103-88)71-26-25-63-52-74(43-31-62(63)51-71)107-91-21-9-3-15-77(91)80-46-34-67(56-94(80)107)70-37-49-86-83-18-6-12-24-97(83)110-100(86)59-70/h1-59H. The molecule has 510 valence electrons. The van der Waals surface area contributed by atoms with Gasteiger partial charge < -0.3 is 27.0 Å². The van der Waals surface area contributed by atoms with Gasteiger partial charge in [-0.15, -0.1) is 0 Å². The van der Waals surface area contributed by atoms with E-state index in [4.69, 9.17) is 23.2 Å². The normalized spacial score (nSPS) is 12.2. The summed E-state index contributed by atoms with van der Waals surface area (Å²) < 4.78 is 26.4. The highest BCUT2D eigenvalue weighted by Gasteiger charge is 2.22. The van der Waals surface area contributed by atoms with Crippen LogP contribution < -0.4 is 0 Å². The molecule has 0 atom stereocenters. The summed E-state index contributed by atoms with van der Waals surface area (Å²) in [6.07, 6.45) is 0. The number of fused-ring (bicyclic) bond motifs is 20. The van der Waals surface area contributed by atoms with Gasteiger partial charge in [0.05, 0.1) is 44.3 Å². The molecule has 7 aromatic heterocycles. The Kier molecular flexibility index (Phi) is 12.8. The third kappa shape index (κ3) is 9.27. The van der Waals surface area contributed by atoms with Crippen molar-refractivity contribution in [1.82, 2.24) is 23.7 Å². The molecule has 0 saturated carbocycles. The van der Waals surface area contributed by atoms with Crippen molar-refractivity contribution in [3.05, 3.63) is 358 Å². The van der Waals surface area contributed by atoms with Crippen LogP contribution in [0.1, 0.15) is 0 Å². The molecule has 0 aliphatic heterocycles. The van der Waals surface area contributed by atoms with Crippen molar-refractivity contribution in [2.45, 2.75) is 0 Å². The summed E-state index contributed by atoms with van der Waals surface area (Å²) in [6.45, 7) is 0. The average molecular weight is 1400 g/mol. The van der Waals surface area contributed by atoms with E-state index in [1.807, 2.05) is 36.4 Å². The quantitative estimate of drug-likeness (QED) is 0.144. The Morgan fingerprint density at radius 1 is 0.182 bits per heavy atom. The number of hydrogen-bond donors (Lipinski definition) is 0. The zero-order valence-corrected chi connectivity index (χ0v) is 59.0. The minimum Gasteiger partial charge on any atom is -0.456 e. The Bertz CT molecular complexity index is 8040. The van der Waals surface area contributed by atoms with E-state index < -0.39 is 0 Å². The van der Waals surface area contributed by atoms with Gasteiger partial charge in [0.25, 0.3) is 0 Å². The second-order valence-corrected chi connectivity index (χ2v) is 29.1. The molecular weight excluding hydrogens is 1340 g/mol. The first-order chi connectivity index (χ1) is 54.4. The summed E-state index contributed by atoms with van der Waals surface area (Å²) in [5.74, 6) is 0.649. The lowest BCUT2D eigenvalue weighted by molar-refractivity contribution is 0.668. The maximum Gasteiger partial charge on any atom is 0.160 e. The highest BCUT2D eigenvalue weighted by Crippen LogP contribution is 2.44. The topological polar surface area (TPSA) is 80.0 Å². The van der Waals surface area contributed by atoms with Gasteiger partial charge in [-0.25, -0.2) is 9.97 Å². The van der Waals surface area contributed by atoms with Gasteiger partial charge in [-0.05, 0) is 201 Å². The van der Waals surface area contributed by atoms with Gasteiger partial charge in [0.15, 0.2) is 5.82 Å². The molecule has 8 heteroatoms. The number of nitrogens with zero attached hydrogens (tertiary/aromatic N) is 5. The van der Waals surface area contributed by atoms with Gasteiger partial charge >= 0.3 is 0 Å². The van der Waals surface area contributed by atoms with Crippen molar-refractivity contribution in [2.75, 3.05) is 0 Å². The van der Waals surface area contributed by atoms with Crippen LogP contribution in [-0.4, -0.2) is 23.7 Å². The van der Waals surface area contributed by atoms with Crippen molar-refractivity contribution in [3.63, 3.8) is 0 Å². The zero-order chi connectivity index (χ0) is 71.8. The van der Waals surface area contributed by atoms with E-state index in [1.54, 1.807) is 0 Å². The summed E-state index contributed by atoms with van der Waals surface area (Å²) >= 11 is 0. The Hall–Kier alpha value is -14.9. The molecule has 0 bridgehead atoms. The molecular formula is C102H59N5O3. The molecule has 0 amide bonds. The van der Waals surface area contributed by atoms with Crippen molar-refractivity contribution < 1.29 is 13.3 Å². The molecule has 24 rings (SSSR count). The molecule has 0 aliphatic carbocycles. The second-order valence-electron chi connectivity index (χ2n) is 29.1. The minimum atomic E-state index is 0.649. The number of aromatic nitrogens is 5. The van der Waals surface area contributed by atoms with Crippen molar-refractivity contribution in [2.24, 2.45) is 0 Å². The maximum absolute atomic E-state index is 6.41. The van der Waals surface area contributed by atoms with Crippen LogP contribution >= 0.6 is 0 Å². The van der Waals surface area contributed by atoms with Crippen molar-refractivity contribution >= 4 is 153 Å². The molecule has 0 saturated heterocycles. The van der Waals surface area contributed by atoms with Gasteiger partial charge in [-0.3, -0.25) is 0 Å². The predicted molar refractivity (Wildman–Crippen MR) is 455 cm³/mol. The number of rotatable bonds is 9. The predicted octanol–water partition coefficient (Wildman–Crippen LogP) is 27.8. The first-order valence-corrected chi connectivity index (χ1v) is 37.4. The third-order valence-corrected chi connectivity index (χ3v) is 23.1. The van der Waals surface area contributed by atoms with Crippen LogP contribution in [0, 0.1) is 0 Å². The molecule has 0 unspecified atom stereocenters. The van der Waals surface area contributed by atoms with Crippen LogP contribution in [0.5, 0.6) is 0 Å². The number of benzene rings is 17. The summed E-state index contributed by atoms with van der Waals surface area (Å²) in [6, 6.07) is 129. The summed E-state index contributed by atoms with van der Waals surface area (Å²) in [4.78, 5) is 11.1. The minimum absolute atomic E-state index is 0.649. The van der Waals surface area contributed by atoms with E-state index in [9.17, 15) is 0 Å². The summed E-state index contributed by atoms with van der Waals surface area (Å²) in [5.41, 5.74) is 27.8. The van der Waals surface area contributed by atoms with E-state index in [-0.39, 0.29) is 0 Å². The van der Waals surface area contributed by atoms with Gasteiger partial charge in [-0.1, -0.05) is 212 Å². The van der Waals surface area contributed by atoms with Gasteiger partial charge in [-0.2, -0.15) is 0 Å². The van der Waals surface area contributed by atoms with E-state index in [1.165, 1.54) is 32.3 Å². The highest BCUT2D eigenvalue weighted by atomic mass is 16.3. The fourth-order valence-corrected chi connectivity index (χ4v) is 17.7. The Balaban J connectivity index is 0.617. The molecule has 24 aromatic rings. The number of hydrogen-bond acceptors (Lipinski definition) is 5. The molecule has 110 heavy (non-hydrogen) atoms. The van der Waals surface area contributed by atoms with Crippen LogP contribution in [0.2, 0.25) is 0 Å². The van der Waals surface area contributed by atoms with Gasteiger partial charge in [0.2, 0.25) is 0 Å². The lowest BCUT2D eigenvalue weighted by atomic mass is 9.99. The lowest BCUT2D eigenvalue weighted by Crippen LogP contribution is -1.98. The van der Waals surface area contributed by atoms with E-state index in [2.05, 4.69) is 335 Å². The SMILES string of the molecule is c1ccc2c(c1)oc1cc(-c3ccc4c5ccccc5n(-c5ccc(-c6ccc7nc(-c8ccc9cc(-n%10c%11ccccc%11c%11ccc(-c%12ccc%13c(c%12)oc%12ccccc%12%13)cc%11%10)ccc9c8)nc(-c8ccc(-n9c%10ccccc%10c%10ccc(-c%11ccc%12c(c%11)oc%11ccccc%11%12)cc%109)cc8)c7c6)cc5)c4c3)ccc12. The van der Waals surface area contributed by atoms with Crippen LogP contribution in [0.15, 0.2) is 371 Å². The highest BCUT2D eigenvalue weighted by molar-refractivity contribution is 6.15. The van der Waals surface area contributed by atoms with Gasteiger partial charge in [0, 0.05) is 98.2 Å². The first kappa shape index (κ1) is 60.4. The number of furan rings is 3. The lowest BCUT2D eigenvalue weighted by Gasteiger charge is -2.14.